The third-order valence-electron chi connectivity index (χ3n) is 2.15. The highest BCUT2D eigenvalue weighted by Crippen LogP contribution is 2.21. The van der Waals surface area contributed by atoms with Gasteiger partial charge >= 0.3 is 0 Å². The van der Waals surface area contributed by atoms with E-state index < -0.39 is 0 Å². The van der Waals surface area contributed by atoms with E-state index in [1.807, 2.05) is 22.6 Å². The summed E-state index contributed by atoms with van der Waals surface area (Å²) in [4.78, 5) is 11.7. The third-order valence-corrected chi connectivity index (χ3v) is 4.28. The summed E-state index contributed by atoms with van der Waals surface area (Å²) in [6, 6.07) is 7.63. The molecule has 0 atom stereocenters. The van der Waals surface area contributed by atoms with Crippen molar-refractivity contribution in [3.63, 3.8) is 0 Å². The van der Waals surface area contributed by atoms with Crippen molar-refractivity contribution in [3.8, 4) is 5.75 Å². The summed E-state index contributed by atoms with van der Waals surface area (Å²) in [5.74, 6) is 0.272. The largest absolute Gasteiger partial charge is 0.508 e. The number of halogens is 2. The standard InChI is InChI=1S/C12H8BrIN2O3/c13-10-5-9(19-11(10)14)6-15-16-12(18)7-1-3-8(17)4-2-7/h1-6,17H,(H,16,18)/b15-6-. The van der Waals surface area contributed by atoms with E-state index in [-0.39, 0.29) is 11.7 Å². The van der Waals surface area contributed by atoms with Crippen LogP contribution in [0.3, 0.4) is 0 Å². The summed E-state index contributed by atoms with van der Waals surface area (Å²) in [5.41, 5.74) is 2.77. The minimum absolute atomic E-state index is 0.107. The second kappa shape index (κ2) is 6.20. The number of hydrogen-bond donors (Lipinski definition) is 2. The van der Waals surface area contributed by atoms with Gasteiger partial charge in [-0.05, 0) is 40.2 Å². The maximum Gasteiger partial charge on any atom is 0.271 e. The molecule has 1 aromatic carbocycles. The van der Waals surface area contributed by atoms with Crippen molar-refractivity contribution in [1.29, 1.82) is 0 Å². The van der Waals surface area contributed by atoms with Crippen LogP contribution in [-0.2, 0) is 0 Å². The number of carbonyl (C=O) groups excluding carboxylic acids is 1. The van der Waals surface area contributed by atoms with Crippen LogP contribution in [0, 0.1) is 3.77 Å². The number of hydrogen-bond acceptors (Lipinski definition) is 4. The van der Waals surface area contributed by atoms with Gasteiger partial charge in [0.15, 0.2) is 3.77 Å². The molecule has 0 unspecified atom stereocenters. The lowest BCUT2D eigenvalue weighted by atomic mass is 10.2. The number of furan rings is 1. The Bertz CT molecular complexity index is 603. The number of nitrogens with zero attached hydrogens (tertiary/aromatic N) is 1. The van der Waals surface area contributed by atoms with Gasteiger partial charge in [0.1, 0.15) is 11.5 Å². The highest BCUT2D eigenvalue weighted by molar-refractivity contribution is 14.1. The minimum atomic E-state index is -0.364. The van der Waals surface area contributed by atoms with Crippen LogP contribution in [0.2, 0.25) is 0 Å². The molecule has 0 saturated heterocycles. The molecule has 2 N–H and O–H groups in total. The highest BCUT2D eigenvalue weighted by atomic mass is 127. The van der Waals surface area contributed by atoms with E-state index in [2.05, 4.69) is 26.5 Å². The number of phenolic OH excluding ortho intramolecular Hbond substituents is 1. The van der Waals surface area contributed by atoms with Crippen molar-refractivity contribution in [2.75, 3.05) is 0 Å². The zero-order valence-corrected chi connectivity index (χ0v) is 13.2. The van der Waals surface area contributed by atoms with E-state index in [1.54, 1.807) is 6.07 Å². The van der Waals surface area contributed by atoms with E-state index in [0.29, 0.717) is 15.1 Å². The first kappa shape index (κ1) is 14.1. The molecule has 0 fully saturated rings. The SMILES string of the molecule is O=C(N/N=C\c1cc(Br)c(I)o1)c1ccc(O)cc1. The molecule has 0 spiro atoms. The molecule has 2 aromatic rings. The number of benzene rings is 1. The summed E-state index contributed by atoms with van der Waals surface area (Å²) in [5, 5.41) is 12.9. The molecule has 0 bridgehead atoms. The van der Waals surface area contributed by atoms with E-state index in [4.69, 9.17) is 9.52 Å². The molecular weight excluding hydrogens is 427 g/mol. The first-order valence-electron chi connectivity index (χ1n) is 5.13. The molecule has 0 aliphatic heterocycles. The van der Waals surface area contributed by atoms with Gasteiger partial charge in [0, 0.05) is 34.2 Å². The molecule has 0 aliphatic carbocycles. The third kappa shape index (κ3) is 3.80. The van der Waals surface area contributed by atoms with Crippen molar-refractivity contribution in [1.82, 2.24) is 5.43 Å². The number of carbonyl (C=O) groups is 1. The predicted octanol–water partition coefficient (Wildman–Crippen LogP) is 3.12. The maximum atomic E-state index is 11.7. The van der Waals surface area contributed by atoms with E-state index in [1.165, 1.54) is 30.5 Å². The molecule has 1 aromatic heterocycles. The average Bonchev–Trinajstić information content (AvgIpc) is 2.69. The number of aromatic hydroxyl groups is 1. The zero-order chi connectivity index (χ0) is 13.8. The van der Waals surface area contributed by atoms with Gasteiger partial charge in [-0.25, -0.2) is 5.43 Å². The quantitative estimate of drug-likeness (QED) is 0.442. The lowest BCUT2D eigenvalue weighted by Gasteiger charge is -1.99. The van der Waals surface area contributed by atoms with Crippen molar-refractivity contribution in [2.24, 2.45) is 5.10 Å². The Morgan fingerprint density at radius 3 is 2.68 bits per heavy atom. The molecule has 7 heteroatoms. The number of amides is 1. The first-order valence-corrected chi connectivity index (χ1v) is 7.00. The molecule has 0 saturated carbocycles. The van der Waals surface area contributed by atoms with Gasteiger partial charge in [0.05, 0.1) is 10.7 Å². The Morgan fingerprint density at radius 1 is 1.42 bits per heavy atom. The molecule has 19 heavy (non-hydrogen) atoms. The molecule has 0 radical (unpaired) electrons. The topological polar surface area (TPSA) is 74.8 Å². The van der Waals surface area contributed by atoms with Crippen molar-refractivity contribution in [3.05, 3.63) is 49.9 Å². The van der Waals surface area contributed by atoms with Crippen molar-refractivity contribution < 1.29 is 14.3 Å². The number of rotatable bonds is 3. The summed E-state index contributed by atoms with van der Waals surface area (Å²) in [7, 11) is 0. The Hall–Kier alpha value is -1.35. The lowest BCUT2D eigenvalue weighted by Crippen LogP contribution is -2.17. The monoisotopic (exact) mass is 434 g/mol. The zero-order valence-electron chi connectivity index (χ0n) is 9.43. The van der Waals surface area contributed by atoms with Crippen LogP contribution in [0.25, 0.3) is 0 Å². The summed E-state index contributed by atoms with van der Waals surface area (Å²) >= 11 is 5.34. The van der Waals surface area contributed by atoms with E-state index >= 15 is 0 Å². The second-order valence-corrected chi connectivity index (χ2v) is 5.35. The molecule has 2 rings (SSSR count). The fraction of sp³-hybridized carbons (Fsp3) is 0. The summed E-state index contributed by atoms with van der Waals surface area (Å²) in [6.45, 7) is 0. The van der Waals surface area contributed by atoms with Gasteiger partial charge in [-0.3, -0.25) is 4.79 Å². The minimum Gasteiger partial charge on any atom is -0.508 e. The highest BCUT2D eigenvalue weighted by Gasteiger charge is 2.05. The molecule has 0 aliphatic rings. The van der Waals surface area contributed by atoms with Gasteiger partial charge in [0.25, 0.3) is 5.91 Å². The van der Waals surface area contributed by atoms with Gasteiger partial charge in [-0.2, -0.15) is 5.10 Å². The average molecular weight is 435 g/mol. The Balaban J connectivity index is 1.98. The summed E-state index contributed by atoms with van der Waals surface area (Å²) in [6.07, 6.45) is 1.41. The lowest BCUT2D eigenvalue weighted by molar-refractivity contribution is 0.0955. The molecule has 1 heterocycles. The van der Waals surface area contributed by atoms with Crippen molar-refractivity contribution >= 4 is 50.6 Å². The van der Waals surface area contributed by atoms with Crippen LogP contribution in [0.1, 0.15) is 16.1 Å². The molecular formula is C12H8BrIN2O3. The fourth-order valence-electron chi connectivity index (χ4n) is 1.26. The van der Waals surface area contributed by atoms with Crippen LogP contribution in [0.4, 0.5) is 0 Å². The molecule has 98 valence electrons. The number of hydrazone groups is 1. The van der Waals surface area contributed by atoms with Gasteiger partial charge in [0.2, 0.25) is 0 Å². The Morgan fingerprint density at radius 2 is 2.11 bits per heavy atom. The number of phenols is 1. The maximum absolute atomic E-state index is 11.7. The first-order chi connectivity index (χ1) is 9.06. The van der Waals surface area contributed by atoms with E-state index in [9.17, 15) is 4.79 Å². The van der Waals surface area contributed by atoms with Crippen LogP contribution in [0.15, 0.2) is 44.3 Å². The van der Waals surface area contributed by atoms with Crippen LogP contribution < -0.4 is 5.43 Å². The normalized spacial score (nSPS) is 10.8. The van der Waals surface area contributed by atoms with Crippen LogP contribution >= 0.6 is 38.5 Å². The summed E-state index contributed by atoms with van der Waals surface area (Å²) < 4.78 is 6.87. The molecule has 1 amide bonds. The van der Waals surface area contributed by atoms with Crippen LogP contribution in [0.5, 0.6) is 5.75 Å². The van der Waals surface area contributed by atoms with E-state index in [0.717, 1.165) is 4.47 Å². The van der Waals surface area contributed by atoms with Crippen LogP contribution in [-0.4, -0.2) is 17.2 Å². The smallest absolute Gasteiger partial charge is 0.271 e. The Kier molecular flexibility index (Phi) is 4.59. The Labute approximate surface area is 131 Å². The fourth-order valence-corrected chi connectivity index (χ4v) is 1.98. The van der Waals surface area contributed by atoms with Crippen molar-refractivity contribution in [2.45, 2.75) is 0 Å². The predicted molar refractivity (Wildman–Crippen MR) is 82.3 cm³/mol. The molecule has 5 nitrogen and oxygen atoms in total. The number of nitrogens with one attached hydrogen (secondary N) is 1. The van der Waals surface area contributed by atoms with Gasteiger partial charge < -0.3 is 9.52 Å². The van der Waals surface area contributed by atoms with Gasteiger partial charge in [-0.15, -0.1) is 0 Å². The second-order valence-electron chi connectivity index (χ2n) is 3.52. The van der Waals surface area contributed by atoms with Gasteiger partial charge in [-0.1, -0.05) is 0 Å².